The number of carbonyl (C=O) groups is 3. The lowest BCUT2D eigenvalue weighted by atomic mass is 10.1. The van der Waals surface area contributed by atoms with Crippen molar-refractivity contribution in [3.05, 3.63) is 36.5 Å². The first-order chi connectivity index (χ1) is 31.5. The lowest BCUT2D eigenvalue weighted by Crippen LogP contribution is -2.30. The molecule has 6 heteroatoms. The molecule has 6 nitrogen and oxygen atoms in total. The Bertz CT molecular complexity index is 1080. The molecule has 0 aromatic carbocycles. The van der Waals surface area contributed by atoms with Crippen LogP contribution in [0.2, 0.25) is 0 Å². The van der Waals surface area contributed by atoms with Crippen molar-refractivity contribution in [3.8, 4) is 0 Å². The van der Waals surface area contributed by atoms with E-state index in [0.717, 1.165) is 64.2 Å². The molecule has 0 fully saturated rings. The maximum absolute atomic E-state index is 12.8. The first-order valence-electron chi connectivity index (χ1n) is 28.0. The molecule has 1 unspecified atom stereocenters. The van der Waals surface area contributed by atoms with Crippen molar-refractivity contribution < 1.29 is 28.6 Å². The number of carbonyl (C=O) groups excluding carboxylic acids is 3. The molecule has 374 valence electrons. The maximum atomic E-state index is 12.8. The minimum absolute atomic E-state index is 0.0720. The first-order valence-corrected chi connectivity index (χ1v) is 28.0. The zero-order valence-electron chi connectivity index (χ0n) is 42.8. The Labute approximate surface area is 397 Å². The van der Waals surface area contributed by atoms with Gasteiger partial charge in [0.15, 0.2) is 6.10 Å². The van der Waals surface area contributed by atoms with E-state index in [1.165, 1.54) is 193 Å². The van der Waals surface area contributed by atoms with Crippen LogP contribution in [-0.2, 0) is 28.6 Å². The van der Waals surface area contributed by atoms with Gasteiger partial charge < -0.3 is 14.2 Å². The highest BCUT2D eigenvalue weighted by Crippen LogP contribution is 2.16. The zero-order valence-corrected chi connectivity index (χ0v) is 42.8. The molecule has 0 aliphatic rings. The van der Waals surface area contributed by atoms with E-state index in [1.807, 2.05) is 0 Å². The van der Waals surface area contributed by atoms with Crippen LogP contribution in [-0.4, -0.2) is 37.2 Å². The molecule has 0 aliphatic carbocycles. The van der Waals surface area contributed by atoms with Gasteiger partial charge in [-0.15, -0.1) is 0 Å². The van der Waals surface area contributed by atoms with Crippen LogP contribution in [0.15, 0.2) is 36.5 Å². The predicted molar refractivity (Wildman–Crippen MR) is 275 cm³/mol. The van der Waals surface area contributed by atoms with Gasteiger partial charge in [-0.2, -0.15) is 0 Å². The molecule has 0 heterocycles. The molecule has 0 saturated carbocycles. The molecule has 0 aliphatic heterocycles. The standard InChI is InChI=1S/C58H106O6/c1-4-7-10-13-16-19-22-24-26-28-29-31-32-34-36-39-42-45-48-51-57(60)63-54-55(53-62-56(59)50-47-44-41-38-21-18-15-12-9-6-3)64-58(61)52-49-46-43-40-37-35-33-30-27-25-23-20-17-14-11-8-5-2/h16,19,24-27,55H,4-15,17-18,20-23,28-54H2,1-3H3/b19-16-,26-24-,27-25-. The summed E-state index contributed by atoms with van der Waals surface area (Å²) in [6, 6.07) is 0. The number of hydrogen-bond acceptors (Lipinski definition) is 6. The fourth-order valence-corrected chi connectivity index (χ4v) is 8.12. The summed E-state index contributed by atoms with van der Waals surface area (Å²) >= 11 is 0. The molecule has 0 amide bonds. The minimum Gasteiger partial charge on any atom is -0.462 e. The van der Waals surface area contributed by atoms with E-state index in [9.17, 15) is 14.4 Å². The Kier molecular flexibility index (Phi) is 51.3. The van der Waals surface area contributed by atoms with Gasteiger partial charge >= 0.3 is 17.9 Å². The molecular formula is C58H106O6. The Morgan fingerprint density at radius 2 is 0.562 bits per heavy atom. The second kappa shape index (κ2) is 53.2. The zero-order chi connectivity index (χ0) is 46.5. The number of esters is 3. The van der Waals surface area contributed by atoms with Gasteiger partial charge in [-0.25, -0.2) is 0 Å². The Morgan fingerprint density at radius 1 is 0.312 bits per heavy atom. The fourth-order valence-electron chi connectivity index (χ4n) is 8.12. The summed E-state index contributed by atoms with van der Waals surface area (Å²) in [4.78, 5) is 38.0. The van der Waals surface area contributed by atoms with Crippen LogP contribution in [0.4, 0.5) is 0 Å². The molecule has 0 spiro atoms. The third-order valence-corrected chi connectivity index (χ3v) is 12.4. The second-order valence-corrected chi connectivity index (χ2v) is 18.8. The summed E-state index contributed by atoms with van der Waals surface area (Å²) in [5.41, 5.74) is 0. The van der Waals surface area contributed by atoms with Crippen molar-refractivity contribution in [1.29, 1.82) is 0 Å². The molecule has 0 bridgehead atoms. The van der Waals surface area contributed by atoms with E-state index < -0.39 is 6.10 Å². The van der Waals surface area contributed by atoms with Gasteiger partial charge in [-0.05, 0) is 77.0 Å². The molecule has 0 radical (unpaired) electrons. The highest BCUT2D eigenvalue weighted by Gasteiger charge is 2.19. The van der Waals surface area contributed by atoms with E-state index in [1.54, 1.807) is 0 Å². The maximum Gasteiger partial charge on any atom is 0.306 e. The van der Waals surface area contributed by atoms with Crippen molar-refractivity contribution in [2.24, 2.45) is 0 Å². The molecule has 0 rings (SSSR count). The Morgan fingerprint density at radius 3 is 0.906 bits per heavy atom. The number of unbranched alkanes of at least 4 members (excludes halogenated alkanes) is 34. The van der Waals surface area contributed by atoms with Crippen LogP contribution in [0.5, 0.6) is 0 Å². The molecule has 0 aromatic heterocycles. The summed E-state index contributed by atoms with van der Waals surface area (Å²) < 4.78 is 16.8. The number of hydrogen-bond donors (Lipinski definition) is 0. The van der Waals surface area contributed by atoms with Gasteiger partial charge in [-0.3, -0.25) is 14.4 Å². The van der Waals surface area contributed by atoms with Crippen molar-refractivity contribution in [2.75, 3.05) is 13.2 Å². The quantitative estimate of drug-likeness (QED) is 0.0262. The van der Waals surface area contributed by atoms with Gasteiger partial charge in [0.05, 0.1) is 0 Å². The van der Waals surface area contributed by atoms with E-state index in [0.29, 0.717) is 19.3 Å². The monoisotopic (exact) mass is 899 g/mol. The van der Waals surface area contributed by atoms with Crippen LogP contribution in [0.25, 0.3) is 0 Å². The van der Waals surface area contributed by atoms with Crippen molar-refractivity contribution in [3.63, 3.8) is 0 Å². The molecule has 64 heavy (non-hydrogen) atoms. The average Bonchev–Trinajstić information content (AvgIpc) is 3.29. The molecule has 1 atom stereocenters. The average molecular weight is 899 g/mol. The second-order valence-electron chi connectivity index (χ2n) is 18.8. The van der Waals surface area contributed by atoms with E-state index in [4.69, 9.17) is 14.2 Å². The van der Waals surface area contributed by atoms with Crippen molar-refractivity contribution in [1.82, 2.24) is 0 Å². The summed E-state index contributed by atoms with van der Waals surface area (Å²) in [7, 11) is 0. The van der Waals surface area contributed by atoms with E-state index in [-0.39, 0.29) is 31.1 Å². The molecule has 0 N–H and O–H groups in total. The van der Waals surface area contributed by atoms with Crippen LogP contribution in [0, 0.1) is 0 Å². The van der Waals surface area contributed by atoms with Gasteiger partial charge in [0, 0.05) is 19.3 Å². The predicted octanol–water partition coefficient (Wildman–Crippen LogP) is 18.5. The van der Waals surface area contributed by atoms with Crippen molar-refractivity contribution in [2.45, 2.75) is 303 Å². The van der Waals surface area contributed by atoms with E-state index >= 15 is 0 Å². The van der Waals surface area contributed by atoms with E-state index in [2.05, 4.69) is 57.2 Å². The first kappa shape index (κ1) is 61.6. The molecule has 0 aromatic rings. The van der Waals surface area contributed by atoms with Gasteiger partial charge in [0.25, 0.3) is 0 Å². The number of rotatable bonds is 51. The third kappa shape index (κ3) is 50.6. The summed E-state index contributed by atoms with van der Waals surface area (Å²) in [6.07, 6.45) is 62.7. The Hall–Kier alpha value is -2.37. The van der Waals surface area contributed by atoms with Crippen LogP contribution >= 0.6 is 0 Å². The van der Waals surface area contributed by atoms with Crippen molar-refractivity contribution >= 4 is 17.9 Å². The summed E-state index contributed by atoms with van der Waals surface area (Å²) in [6.45, 7) is 6.62. The number of allylic oxidation sites excluding steroid dienone is 6. The topological polar surface area (TPSA) is 78.9 Å². The summed E-state index contributed by atoms with van der Waals surface area (Å²) in [5, 5.41) is 0. The number of ether oxygens (including phenoxy) is 3. The lowest BCUT2D eigenvalue weighted by molar-refractivity contribution is -0.167. The van der Waals surface area contributed by atoms with Crippen LogP contribution in [0.3, 0.4) is 0 Å². The van der Waals surface area contributed by atoms with Gasteiger partial charge in [-0.1, -0.05) is 237 Å². The Balaban J connectivity index is 4.30. The fraction of sp³-hybridized carbons (Fsp3) is 0.845. The van der Waals surface area contributed by atoms with Crippen LogP contribution < -0.4 is 0 Å². The lowest BCUT2D eigenvalue weighted by Gasteiger charge is -2.18. The molecule has 0 saturated heterocycles. The highest BCUT2D eigenvalue weighted by molar-refractivity contribution is 5.71. The summed E-state index contributed by atoms with van der Waals surface area (Å²) in [5.74, 6) is -0.868. The third-order valence-electron chi connectivity index (χ3n) is 12.4. The molecular weight excluding hydrogens is 793 g/mol. The van der Waals surface area contributed by atoms with Crippen LogP contribution in [0.1, 0.15) is 297 Å². The van der Waals surface area contributed by atoms with Gasteiger partial charge in [0.2, 0.25) is 0 Å². The normalized spacial score (nSPS) is 12.2. The smallest absolute Gasteiger partial charge is 0.306 e. The highest BCUT2D eigenvalue weighted by atomic mass is 16.6. The SMILES string of the molecule is CCCCC/C=C\C/C=C\CCCCCCCCCCCC(=O)OCC(COC(=O)CCCCCCCCCCCC)OC(=O)CCCCCCCCC/C=C\CCCCCCCC. The van der Waals surface area contributed by atoms with Gasteiger partial charge in [0.1, 0.15) is 13.2 Å². The largest absolute Gasteiger partial charge is 0.462 e. The minimum atomic E-state index is -0.772.